The molecule has 3 aromatic rings. The summed E-state index contributed by atoms with van der Waals surface area (Å²) in [6.07, 6.45) is 1.73. The lowest BCUT2D eigenvalue weighted by Crippen LogP contribution is -2.13. The number of nitrogens with zero attached hydrogens (tertiary/aromatic N) is 3. The summed E-state index contributed by atoms with van der Waals surface area (Å²) in [4.78, 5) is 1.60. The molecule has 1 aromatic heterocycles. The zero-order valence-electron chi connectivity index (χ0n) is 11.4. The smallest absolute Gasteiger partial charge is 0.123 e. The van der Waals surface area contributed by atoms with E-state index in [0.29, 0.717) is 13.1 Å². The van der Waals surface area contributed by atoms with Crippen molar-refractivity contribution < 1.29 is 4.39 Å². The number of para-hydroxylation sites is 1. The monoisotopic (exact) mass is 282 g/mol. The summed E-state index contributed by atoms with van der Waals surface area (Å²) in [5, 5.41) is 11.9. The van der Waals surface area contributed by atoms with E-state index in [1.807, 2.05) is 36.4 Å². The Morgan fingerprint density at radius 2 is 1.86 bits per heavy atom. The zero-order valence-corrected chi connectivity index (χ0v) is 11.4. The molecule has 0 amide bonds. The van der Waals surface area contributed by atoms with Gasteiger partial charge in [-0.15, -0.1) is 0 Å². The van der Waals surface area contributed by atoms with Crippen LogP contribution in [-0.4, -0.2) is 15.0 Å². The molecule has 0 fully saturated rings. The van der Waals surface area contributed by atoms with Gasteiger partial charge in [0.2, 0.25) is 0 Å². The largest absolute Gasteiger partial charge is 0.307 e. The number of hydrogen-bond donors (Lipinski definition) is 1. The second-order valence-electron chi connectivity index (χ2n) is 4.69. The molecule has 5 heteroatoms. The van der Waals surface area contributed by atoms with Crippen molar-refractivity contribution in [1.82, 2.24) is 20.3 Å². The molecule has 1 heterocycles. The Balaban J connectivity index is 1.58. The Bertz CT molecular complexity index is 709. The summed E-state index contributed by atoms with van der Waals surface area (Å²) < 4.78 is 13.1. The van der Waals surface area contributed by atoms with Crippen LogP contribution < -0.4 is 5.32 Å². The molecular formula is C16H15FN4. The first kappa shape index (κ1) is 13.5. The van der Waals surface area contributed by atoms with Crippen LogP contribution in [0, 0.1) is 5.82 Å². The van der Waals surface area contributed by atoms with E-state index < -0.39 is 0 Å². The Morgan fingerprint density at radius 1 is 1.00 bits per heavy atom. The average Bonchev–Trinajstić information content (AvgIpc) is 2.97. The van der Waals surface area contributed by atoms with Crippen molar-refractivity contribution in [3.8, 4) is 5.69 Å². The summed E-state index contributed by atoms with van der Waals surface area (Å²) in [6, 6.07) is 16.3. The van der Waals surface area contributed by atoms with Crippen molar-refractivity contribution in [3.63, 3.8) is 0 Å². The quantitative estimate of drug-likeness (QED) is 0.782. The maximum atomic E-state index is 13.1. The minimum absolute atomic E-state index is 0.218. The standard InChI is InChI=1S/C16H15FN4/c17-14-6-4-5-13(9-14)10-18-11-15-12-19-21(20-15)16-7-2-1-3-8-16/h1-9,12,18H,10-11H2. The Morgan fingerprint density at radius 3 is 2.67 bits per heavy atom. The van der Waals surface area contributed by atoms with Crippen LogP contribution in [0.5, 0.6) is 0 Å². The second kappa shape index (κ2) is 6.28. The maximum absolute atomic E-state index is 13.1. The predicted molar refractivity (Wildman–Crippen MR) is 78.3 cm³/mol. The third kappa shape index (κ3) is 3.52. The van der Waals surface area contributed by atoms with Crippen LogP contribution in [0.1, 0.15) is 11.3 Å². The lowest BCUT2D eigenvalue weighted by atomic mass is 10.2. The number of hydrogen-bond acceptors (Lipinski definition) is 3. The van der Waals surface area contributed by atoms with E-state index >= 15 is 0 Å². The van der Waals surface area contributed by atoms with Crippen molar-refractivity contribution in [1.29, 1.82) is 0 Å². The van der Waals surface area contributed by atoms with Crippen LogP contribution in [0.25, 0.3) is 5.69 Å². The molecule has 0 atom stereocenters. The van der Waals surface area contributed by atoms with Crippen molar-refractivity contribution in [3.05, 3.63) is 77.9 Å². The fraction of sp³-hybridized carbons (Fsp3) is 0.125. The number of rotatable bonds is 5. The molecule has 0 bridgehead atoms. The van der Waals surface area contributed by atoms with Crippen LogP contribution in [0.4, 0.5) is 4.39 Å². The molecule has 0 radical (unpaired) electrons. The molecule has 21 heavy (non-hydrogen) atoms. The molecule has 0 spiro atoms. The van der Waals surface area contributed by atoms with Crippen LogP contribution >= 0.6 is 0 Å². The van der Waals surface area contributed by atoms with Crippen LogP contribution in [-0.2, 0) is 13.1 Å². The maximum Gasteiger partial charge on any atom is 0.123 e. The minimum atomic E-state index is -0.218. The Hall–Kier alpha value is -2.53. The predicted octanol–water partition coefficient (Wildman–Crippen LogP) is 2.70. The molecule has 1 N–H and O–H groups in total. The fourth-order valence-electron chi connectivity index (χ4n) is 2.04. The summed E-state index contributed by atoms with van der Waals surface area (Å²) in [6.45, 7) is 1.18. The van der Waals surface area contributed by atoms with E-state index in [2.05, 4.69) is 15.5 Å². The van der Waals surface area contributed by atoms with Gasteiger partial charge in [0.15, 0.2) is 0 Å². The number of aromatic nitrogens is 3. The molecular weight excluding hydrogens is 267 g/mol. The van der Waals surface area contributed by atoms with Crippen molar-refractivity contribution in [2.75, 3.05) is 0 Å². The summed E-state index contributed by atoms with van der Waals surface area (Å²) in [5.41, 5.74) is 2.68. The van der Waals surface area contributed by atoms with Crippen molar-refractivity contribution in [2.45, 2.75) is 13.1 Å². The first-order chi connectivity index (χ1) is 10.3. The van der Waals surface area contributed by atoms with Gasteiger partial charge in [-0.2, -0.15) is 15.0 Å². The molecule has 4 nitrogen and oxygen atoms in total. The number of nitrogens with one attached hydrogen (secondary N) is 1. The number of halogens is 1. The molecule has 0 saturated heterocycles. The van der Waals surface area contributed by atoms with E-state index in [0.717, 1.165) is 16.9 Å². The van der Waals surface area contributed by atoms with E-state index in [-0.39, 0.29) is 5.82 Å². The van der Waals surface area contributed by atoms with Gasteiger partial charge in [-0.1, -0.05) is 30.3 Å². The number of benzene rings is 2. The molecule has 0 aliphatic rings. The molecule has 106 valence electrons. The Kier molecular flexibility index (Phi) is 4.02. The van der Waals surface area contributed by atoms with Gasteiger partial charge in [-0.3, -0.25) is 0 Å². The zero-order chi connectivity index (χ0) is 14.5. The highest BCUT2D eigenvalue weighted by Gasteiger charge is 2.02. The molecule has 3 rings (SSSR count). The SMILES string of the molecule is Fc1cccc(CNCc2cnn(-c3ccccc3)n2)c1. The van der Waals surface area contributed by atoms with Gasteiger partial charge in [0.05, 0.1) is 17.6 Å². The topological polar surface area (TPSA) is 42.7 Å². The third-order valence-corrected chi connectivity index (χ3v) is 3.05. The van der Waals surface area contributed by atoms with Gasteiger partial charge in [0.25, 0.3) is 0 Å². The normalized spacial score (nSPS) is 10.7. The molecule has 0 saturated carbocycles. The first-order valence-corrected chi connectivity index (χ1v) is 6.73. The molecule has 2 aromatic carbocycles. The van der Waals surface area contributed by atoms with Gasteiger partial charge < -0.3 is 5.32 Å². The van der Waals surface area contributed by atoms with Crippen LogP contribution in [0.15, 0.2) is 60.8 Å². The van der Waals surface area contributed by atoms with Crippen molar-refractivity contribution in [2.24, 2.45) is 0 Å². The van der Waals surface area contributed by atoms with E-state index in [1.165, 1.54) is 12.1 Å². The highest BCUT2D eigenvalue weighted by Crippen LogP contribution is 2.05. The van der Waals surface area contributed by atoms with Gasteiger partial charge in [-0.25, -0.2) is 4.39 Å². The lowest BCUT2D eigenvalue weighted by Gasteiger charge is -2.03. The first-order valence-electron chi connectivity index (χ1n) is 6.73. The van der Waals surface area contributed by atoms with Gasteiger partial charge in [-0.05, 0) is 29.8 Å². The second-order valence-corrected chi connectivity index (χ2v) is 4.69. The highest BCUT2D eigenvalue weighted by molar-refractivity contribution is 5.28. The minimum Gasteiger partial charge on any atom is -0.307 e. The molecule has 0 aliphatic carbocycles. The highest BCUT2D eigenvalue weighted by atomic mass is 19.1. The van der Waals surface area contributed by atoms with Crippen LogP contribution in [0.3, 0.4) is 0 Å². The summed E-state index contributed by atoms with van der Waals surface area (Å²) in [5.74, 6) is -0.218. The Labute approximate surface area is 122 Å². The van der Waals surface area contributed by atoms with Crippen molar-refractivity contribution >= 4 is 0 Å². The van der Waals surface area contributed by atoms with Gasteiger partial charge in [0.1, 0.15) is 5.82 Å². The van der Waals surface area contributed by atoms with Crippen LogP contribution in [0.2, 0.25) is 0 Å². The van der Waals surface area contributed by atoms with E-state index in [1.54, 1.807) is 17.1 Å². The summed E-state index contributed by atoms with van der Waals surface area (Å²) >= 11 is 0. The molecule has 0 aliphatic heterocycles. The lowest BCUT2D eigenvalue weighted by molar-refractivity contribution is 0.618. The van der Waals surface area contributed by atoms with E-state index in [4.69, 9.17) is 0 Å². The van der Waals surface area contributed by atoms with Gasteiger partial charge in [0, 0.05) is 13.1 Å². The average molecular weight is 282 g/mol. The van der Waals surface area contributed by atoms with Gasteiger partial charge >= 0.3 is 0 Å². The molecule has 0 unspecified atom stereocenters. The van der Waals surface area contributed by atoms with E-state index in [9.17, 15) is 4.39 Å². The summed E-state index contributed by atoms with van der Waals surface area (Å²) in [7, 11) is 0. The third-order valence-electron chi connectivity index (χ3n) is 3.05. The fourth-order valence-corrected chi connectivity index (χ4v) is 2.04.